The maximum atomic E-state index is 13.0. The molecule has 2 aliphatic carbocycles. The van der Waals surface area contributed by atoms with Crippen LogP contribution >= 0.6 is 0 Å². The Bertz CT molecular complexity index is 927. The van der Waals surface area contributed by atoms with Crippen LogP contribution in [0.3, 0.4) is 0 Å². The van der Waals surface area contributed by atoms with Crippen LogP contribution in [0, 0.1) is 5.92 Å². The fraction of sp³-hybridized carbons (Fsp3) is 0.286. The van der Waals surface area contributed by atoms with Gasteiger partial charge in [-0.25, -0.2) is 0 Å². The second-order valence-electron chi connectivity index (χ2n) is 6.98. The normalized spacial score (nSPS) is 16.8. The molecular formula is C21H20N2O3. The topological polar surface area (TPSA) is 89.3 Å². The third kappa shape index (κ3) is 2.60. The lowest BCUT2D eigenvalue weighted by molar-refractivity contribution is -0.120. The van der Waals surface area contributed by atoms with Gasteiger partial charge in [-0.3, -0.25) is 14.4 Å². The summed E-state index contributed by atoms with van der Waals surface area (Å²) in [7, 11) is 0. The number of nitrogen functional groups attached to an aromatic ring is 1. The summed E-state index contributed by atoms with van der Waals surface area (Å²) in [5, 5.41) is 2.88. The molecule has 26 heavy (non-hydrogen) atoms. The quantitative estimate of drug-likeness (QED) is 0.693. The van der Waals surface area contributed by atoms with Crippen LogP contribution in [0.5, 0.6) is 0 Å². The lowest BCUT2D eigenvalue weighted by Crippen LogP contribution is -2.28. The van der Waals surface area contributed by atoms with Gasteiger partial charge in [0.1, 0.15) is 0 Å². The highest BCUT2D eigenvalue weighted by molar-refractivity contribution is 6.32. The van der Waals surface area contributed by atoms with Crippen molar-refractivity contribution >= 4 is 28.8 Å². The van der Waals surface area contributed by atoms with E-state index in [4.69, 9.17) is 5.73 Å². The Morgan fingerprint density at radius 2 is 1.50 bits per heavy atom. The predicted molar refractivity (Wildman–Crippen MR) is 99.4 cm³/mol. The van der Waals surface area contributed by atoms with Crippen LogP contribution in [0.25, 0.3) is 0 Å². The maximum absolute atomic E-state index is 13.0. The molecule has 0 bridgehead atoms. The number of fused-ring (bicyclic) bond motifs is 2. The molecule has 5 nitrogen and oxygen atoms in total. The van der Waals surface area contributed by atoms with Crippen molar-refractivity contribution in [3.8, 4) is 0 Å². The number of carbonyl (C=O) groups is 3. The van der Waals surface area contributed by atoms with Gasteiger partial charge in [0.25, 0.3) is 0 Å². The van der Waals surface area contributed by atoms with Crippen molar-refractivity contribution in [3.05, 3.63) is 58.7 Å². The minimum atomic E-state index is -0.276. The molecule has 1 amide bonds. The van der Waals surface area contributed by atoms with E-state index in [2.05, 4.69) is 5.32 Å². The zero-order valence-electron chi connectivity index (χ0n) is 14.4. The molecular weight excluding hydrogens is 328 g/mol. The molecule has 0 radical (unpaired) electrons. The lowest BCUT2D eigenvalue weighted by Gasteiger charge is -2.24. The number of amides is 1. The fourth-order valence-corrected chi connectivity index (χ4v) is 3.95. The van der Waals surface area contributed by atoms with Crippen molar-refractivity contribution < 1.29 is 14.4 Å². The van der Waals surface area contributed by atoms with Gasteiger partial charge >= 0.3 is 0 Å². The number of nitrogens with two attached hydrogens (primary N) is 1. The number of hydrogen-bond acceptors (Lipinski definition) is 4. The molecule has 1 saturated carbocycles. The summed E-state index contributed by atoms with van der Waals surface area (Å²) in [5.41, 5.74) is 7.74. The van der Waals surface area contributed by atoms with Crippen molar-refractivity contribution in [1.82, 2.24) is 0 Å². The van der Waals surface area contributed by atoms with E-state index in [1.807, 2.05) is 0 Å². The molecule has 2 aromatic carbocycles. The predicted octanol–water partition coefficient (Wildman–Crippen LogP) is 3.56. The SMILES string of the molecule is Nc1ccc(NC(=O)C2CCCCC2)c2c1C(=O)c1ccccc1C2=O. The van der Waals surface area contributed by atoms with Crippen LogP contribution < -0.4 is 11.1 Å². The minimum absolute atomic E-state index is 0.0429. The van der Waals surface area contributed by atoms with Crippen LogP contribution in [0.1, 0.15) is 63.9 Å². The summed E-state index contributed by atoms with van der Waals surface area (Å²) in [6.45, 7) is 0. The molecule has 5 heteroatoms. The molecule has 2 aromatic rings. The van der Waals surface area contributed by atoms with Gasteiger partial charge in [0.15, 0.2) is 11.6 Å². The third-order valence-corrected chi connectivity index (χ3v) is 5.34. The Hall–Kier alpha value is -2.95. The molecule has 0 atom stereocenters. The Labute approximate surface area is 151 Å². The lowest BCUT2D eigenvalue weighted by atomic mass is 9.82. The van der Waals surface area contributed by atoms with Gasteiger partial charge in [-0.15, -0.1) is 0 Å². The zero-order valence-corrected chi connectivity index (χ0v) is 14.4. The third-order valence-electron chi connectivity index (χ3n) is 5.34. The Morgan fingerprint density at radius 3 is 2.15 bits per heavy atom. The van der Waals surface area contributed by atoms with E-state index < -0.39 is 0 Å². The monoisotopic (exact) mass is 348 g/mol. The van der Waals surface area contributed by atoms with E-state index in [-0.39, 0.29) is 40.2 Å². The van der Waals surface area contributed by atoms with E-state index in [0.29, 0.717) is 16.8 Å². The van der Waals surface area contributed by atoms with Crippen molar-refractivity contribution in [2.75, 3.05) is 11.1 Å². The highest BCUT2D eigenvalue weighted by Gasteiger charge is 2.34. The molecule has 2 aliphatic rings. The molecule has 0 heterocycles. The van der Waals surface area contributed by atoms with Crippen LogP contribution in [-0.4, -0.2) is 17.5 Å². The molecule has 4 rings (SSSR count). The van der Waals surface area contributed by atoms with Gasteiger partial charge in [-0.1, -0.05) is 43.5 Å². The number of nitrogens with one attached hydrogen (secondary N) is 1. The van der Waals surface area contributed by atoms with Crippen LogP contribution in [0.15, 0.2) is 36.4 Å². The molecule has 3 N–H and O–H groups in total. The van der Waals surface area contributed by atoms with E-state index >= 15 is 0 Å². The first-order valence-corrected chi connectivity index (χ1v) is 8.99. The molecule has 0 saturated heterocycles. The number of anilines is 2. The summed E-state index contributed by atoms with van der Waals surface area (Å²) in [4.78, 5) is 38.5. The van der Waals surface area contributed by atoms with Gasteiger partial charge in [0, 0.05) is 22.7 Å². The fourth-order valence-electron chi connectivity index (χ4n) is 3.95. The van der Waals surface area contributed by atoms with Crippen molar-refractivity contribution in [3.63, 3.8) is 0 Å². The second-order valence-corrected chi connectivity index (χ2v) is 6.98. The van der Waals surface area contributed by atoms with E-state index in [9.17, 15) is 14.4 Å². The van der Waals surface area contributed by atoms with Crippen molar-refractivity contribution in [2.45, 2.75) is 32.1 Å². The molecule has 0 aliphatic heterocycles. The largest absolute Gasteiger partial charge is 0.398 e. The van der Waals surface area contributed by atoms with Gasteiger partial charge in [-0.05, 0) is 25.0 Å². The Balaban J connectivity index is 1.76. The number of hydrogen-bond donors (Lipinski definition) is 2. The van der Waals surface area contributed by atoms with Gasteiger partial charge in [0.05, 0.1) is 16.8 Å². The van der Waals surface area contributed by atoms with Crippen LogP contribution in [0.2, 0.25) is 0 Å². The number of ketones is 2. The smallest absolute Gasteiger partial charge is 0.227 e. The highest BCUT2D eigenvalue weighted by atomic mass is 16.2. The zero-order chi connectivity index (χ0) is 18.3. The number of benzene rings is 2. The molecule has 0 unspecified atom stereocenters. The molecule has 0 aromatic heterocycles. The summed E-state index contributed by atoms with van der Waals surface area (Å²) in [6, 6.07) is 9.91. The molecule has 1 fully saturated rings. The highest BCUT2D eigenvalue weighted by Crippen LogP contribution is 2.36. The van der Waals surface area contributed by atoms with Crippen molar-refractivity contribution in [2.24, 2.45) is 5.92 Å². The minimum Gasteiger partial charge on any atom is -0.398 e. The van der Waals surface area contributed by atoms with Crippen LogP contribution in [-0.2, 0) is 4.79 Å². The van der Waals surface area contributed by atoms with Gasteiger partial charge < -0.3 is 11.1 Å². The Morgan fingerprint density at radius 1 is 0.885 bits per heavy atom. The summed E-state index contributed by atoms with van der Waals surface area (Å²) >= 11 is 0. The first-order chi connectivity index (χ1) is 12.6. The summed E-state index contributed by atoms with van der Waals surface area (Å²) in [5.74, 6) is -0.683. The number of carbonyl (C=O) groups excluding carboxylic acids is 3. The first-order valence-electron chi connectivity index (χ1n) is 8.99. The summed E-state index contributed by atoms with van der Waals surface area (Å²) < 4.78 is 0. The average Bonchev–Trinajstić information content (AvgIpc) is 2.68. The Kier molecular flexibility index (Phi) is 4.07. The van der Waals surface area contributed by atoms with Crippen molar-refractivity contribution in [1.29, 1.82) is 0 Å². The van der Waals surface area contributed by atoms with Gasteiger partial charge in [0.2, 0.25) is 5.91 Å². The van der Waals surface area contributed by atoms with E-state index in [0.717, 1.165) is 32.1 Å². The summed E-state index contributed by atoms with van der Waals surface area (Å²) in [6.07, 6.45) is 4.97. The maximum Gasteiger partial charge on any atom is 0.227 e. The average molecular weight is 348 g/mol. The first kappa shape index (κ1) is 16.5. The molecule has 0 spiro atoms. The van der Waals surface area contributed by atoms with Crippen LogP contribution in [0.4, 0.5) is 11.4 Å². The van der Waals surface area contributed by atoms with E-state index in [1.165, 1.54) is 0 Å². The standard InChI is InChI=1S/C21H20N2O3/c22-15-10-11-16(23-21(26)12-6-2-1-3-7-12)18-17(15)19(24)13-8-4-5-9-14(13)20(18)25/h4-5,8-12H,1-3,6-7,22H2,(H,23,26). The number of rotatable bonds is 2. The molecule has 132 valence electrons. The second kappa shape index (κ2) is 6.41. The van der Waals surface area contributed by atoms with E-state index in [1.54, 1.807) is 36.4 Å². The van der Waals surface area contributed by atoms with Gasteiger partial charge in [-0.2, -0.15) is 0 Å².